The second kappa shape index (κ2) is 7.01. The van der Waals surface area contributed by atoms with E-state index in [4.69, 9.17) is 14.4 Å². The Hall–Kier alpha value is -4.50. The molecule has 0 bridgehead atoms. The average Bonchev–Trinajstić information content (AvgIpc) is 3.27. The van der Waals surface area contributed by atoms with Crippen molar-refractivity contribution < 1.29 is 4.42 Å². The van der Waals surface area contributed by atoms with Crippen LogP contribution < -0.4 is 0 Å². The van der Waals surface area contributed by atoms with E-state index in [0.717, 1.165) is 66.3 Å². The van der Waals surface area contributed by atoms with Crippen molar-refractivity contribution in [1.82, 2.24) is 9.97 Å². The molecule has 2 aromatic heterocycles. The van der Waals surface area contributed by atoms with Crippen molar-refractivity contribution in [3.63, 3.8) is 0 Å². The molecule has 0 N–H and O–H groups in total. The standard InChI is InChI=1S/C30H18N2O/c1-2-9-19(10-3-1)29-23-11-4-6-15-25(23)31-30(32-29)22-14-8-13-21-20(22)17-18-27-28(21)24-12-5-7-16-26(24)33-27/h1-18H. The van der Waals surface area contributed by atoms with Crippen LogP contribution in [-0.2, 0) is 0 Å². The number of aromatic nitrogens is 2. The second-order valence-corrected chi connectivity index (χ2v) is 8.22. The van der Waals surface area contributed by atoms with E-state index in [1.165, 1.54) is 0 Å². The molecular formula is C30H18N2O. The largest absolute Gasteiger partial charge is 0.456 e. The summed E-state index contributed by atoms with van der Waals surface area (Å²) < 4.78 is 6.11. The normalized spacial score (nSPS) is 11.6. The second-order valence-electron chi connectivity index (χ2n) is 8.22. The highest BCUT2D eigenvalue weighted by Crippen LogP contribution is 2.38. The van der Waals surface area contributed by atoms with Gasteiger partial charge in [0, 0.05) is 27.3 Å². The average molecular weight is 422 g/mol. The van der Waals surface area contributed by atoms with E-state index in [1.807, 2.05) is 42.5 Å². The van der Waals surface area contributed by atoms with Crippen LogP contribution in [0.15, 0.2) is 114 Å². The molecular weight excluding hydrogens is 404 g/mol. The molecule has 2 heterocycles. The molecule has 0 aliphatic heterocycles. The number of furan rings is 1. The minimum Gasteiger partial charge on any atom is -0.456 e. The molecule has 33 heavy (non-hydrogen) atoms. The van der Waals surface area contributed by atoms with Gasteiger partial charge in [0.25, 0.3) is 0 Å². The summed E-state index contributed by atoms with van der Waals surface area (Å²) in [6, 6.07) is 37.2. The zero-order valence-electron chi connectivity index (χ0n) is 17.7. The van der Waals surface area contributed by atoms with Crippen LogP contribution in [0.5, 0.6) is 0 Å². The summed E-state index contributed by atoms with van der Waals surface area (Å²) in [5.41, 5.74) is 5.78. The van der Waals surface area contributed by atoms with Crippen LogP contribution in [0.2, 0.25) is 0 Å². The molecule has 0 atom stereocenters. The van der Waals surface area contributed by atoms with Gasteiger partial charge in [-0.25, -0.2) is 9.97 Å². The van der Waals surface area contributed by atoms with Gasteiger partial charge in [0.15, 0.2) is 5.82 Å². The fraction of sp³-hybridized carbons (Fsp3) is 0. The smallest absolute Gasteiger partial charge is 0.161 e. The number of hydrogen-bond acceptors (Lipinski definition) is 3. The highest BCUT2D eigenvalue weighted by molar-refractivity contribution is 6.20. The lowest BCUT2D eigenvalue weighted by atomic mass is 9.99. The van der Waals surface area contributed by atoms with Gasteiger partial charge in [-0.15, -0.1) is 0 Å². The number of hydrogen-bond donors (Lipinski definition) is 0. The topological polar surface area (TPSA) is 38.9 Å². The Morgan fingerprint density at radius 3 is 2.15 bits per heavy atom. The van der Waals surface area contributed by atoms with E-state index < -0.39 is 0 Å². The zero-order valence-corrected chi connectivity index (χ0v) is 17.7. The van der Waals surface area contributed by atoms with Crippen molar-refractivity contribution in [3.8, 4) is 22.6 Å². The molecule has 7 rings (SSSR count). The van der Waals surface area contributed by atoms with Crippen LogP contribution >= 0.6 is 0 Å². The maximum absolute atomic E-state index is 6.11. The lowest BCUT2D eigenvalue weighted by Crippen LogP contribution is -1.95. The van der Waals surface area contributed by atoms with E-state index in [1.54, 1.807) is 0 Å². The van der Waals surface area contributed by atoms with Crippen molar-refractivity contribution >= 4 is 43.6 Å². The molecule has 0 aliphatic carbocycles. The van der Waals surface area contributed by atoms with E-state index in [2.05, 4.69) is 66.7 Å². The van der Waals surface area contributed by atoms with Gasteiger partial charge >= 0.3 is 0 Å². The van der Waals surface area contributed by atoms with Crippen LogP contribution in [0.4, 0.5) is 0 Å². The molecule has 7 aromatic rings. The SMILES string of the molecule is c1ccc(-c2nc(-c3cccc4c3ccc3oc5ccccc5c34)nc3ccccc23)cc1. The predicted molar refractivity (Wildman–Crippen MR) is 135 cm³/mol. The number of fused-ring (bicyclic) bond motifs is 6. The fourth-order valence-electron chi connectivity index (χ4n) is 4.79. The Kier molecular flexibility index (Phi) is 3.84. The third-order valence-corrected chi connectivity index (χ3v) is 6.29. The first-order chi connectivity index (χ1) is 16.4. The lowest BCUT2D eigenvalue weighted by Gasteiger charge is -2.11. The van der Waals surface area contributed by atoms with Crippen molar-refractivity contribution in [2.45, 2.75) is 0 Å². The Bertz CT molecular complexity index is 1820. The molecule has 154 valence electrons. The van der Waals surface area contributed by atoms with Crippen LogP contribution in [0.3, 0.4) is 0 Å². The summed E-state index contributed by atoms with van der Waals surface area (Å²) in [7, 11) is 0. The monoisotopic (exact) mass is 422 g/mol. The Morgan fingerprint density at radius 2 is 1.24 bits per heavy atom. The third-order valence-electron chi connectivity index (χ3n) is 6.29. The van der Waals surface area contributed by atoms with Gasteiger partial charge in [-0.05, 0) is 35.0 Å². The molecule has 0 radical (unpaired) electrons. The van der Waals surface area contributed by atoms with Gasteiger partial charge in [-0.1, -0.05) is 84.9 Å². The van der Waals surface area contributed by atoms with Gasteiger partial charge in [-0.2, -0.15) is 0 Å². The lowest BCUT2D eigenvalue weighted by molar-refractivity contribution is 0.669. The van der Waals surface area contributed by atoms with Crippen molar-refractivity contribution in [2.24, 2.45) is 0 Å². The molecule has 0 saturated heterocycles. The summed E-state index contributed by atoms with van der Waals surface area (Å²) in [5, 5.41) is 5.57. The first kappa shape index (κ1) is 18.1. The quantitative estimate of drug-likeness (QED) is 0.283. The summed E-state index contributed by atoms with van der Waals surface area (Å²) in [4.78, 5) is 10.1. The highest BCUT2D eigenvalue weighted by atomic mass is 16.3. The zero-order chi connectivity index (χ0) is 21.8. The Morgan fingerprint density at radius 1 is 0.485 bits per heavy atom. The number of rotatable bonds is 2. The van der Waals surface area contributed by atoms with Gasteiger partial charge in [0.1, 0.15) is 11.2 Å². The molecule has 5 aromatic carbocycles. The molecule has 0 unspecified atom stereocenters. The first-order valence-electron chi connectivity index (χ1n) is 11.0. The molecule has 0 fully saturated rings. The predicted octanol–water partition coefficient (Wildman–Crippen LogP) is 8.02. The number of benzene rings is 5. The minimum atomic E-state index is 0.727. The first-order valence-corrected chi connectivity index (χ1v) is 11.0. The van der Waals surface area contributed by atoms with E-state index in [9.17, 15) is 0 Å². The Balaban J connectivity index is 1.56. The summed E-state index contributed by atoms with van der Waals surface area (Å²) >= 11 is 0. The van der Waals surface area contributed by atoms with Crippen LogP contribution in [0, 0.1) is 0 Å². The fourth-order valence-corrected chi connectivity index (χ4v) is 4.79. The summed E-state index contributed by atoms with van der Waals surface area (Å²) in [6.07, 6.45) is 0. The summed E-state index contributed by atoms with van der Waals surface area (Å²) in [6.45, 7) is 0. The number of para-hydroxylation sites is 2. The maximum atomic E-state index is 6.11. The molecule has 0 amide bonds. The molecule has 3 nitrogen and oxygen atoms in total. The van der Waals surface area contributed by atoms with Crippen molar-refractivity contribution in [3.05, 3.63) is 109 Å². The molecule has 0 spiro atoms. The summed E-state index contributed by atoms with van der Waals surface area (Å²) in [5.74, 6) is 0.727. The van der Waals surface area contributed by atoms with Gasteiger partial charge in [-0.3, -0.25) is 0 Å². The van der Waals surface area contributed by atoms with E-state index in [-0.39, 0.29) is 0 Å². The maximum Gasteiger partial charge on any atom is 0.161 e. The van der Waals surface area contributed by atoms with Crippen LogP contribution in [0.25, 0.3) is 66.3 Å². The van der Waals surface area contributed by atoms with Crippen LogP contribution in [0.1, 0.15) is 0 Å². The van der Waals surface area contributed by atoms with Crippen molar-refractivity contribution in [2.75, 3.05) is 0 Å². The third kappa shape index (κ3) is 2.76. The van der Waals surface area contributed by atoms with Gasteiger partial charge in [0.05, 0.1) is 11.2 Å². The Labute approximate surface area is 190 Å². The number of nitrogens with zero attached hydrogens (tertiary/aromatic N) is 2. The van der Waals surface area contributed by atoms with Crippen molar-refractivity contribution in [1.29, 1.82) is 0 Å². The van der Waals surface area contributed by atoms with Gasteiger partial charge in [0.2, 0.25) is 0 Å². The molecule has 0 aliphatic rings. The highest BCUT2D eigenvalue weighted by Gasteiger charge is 2.16. The van der Waals surface area contributed by atoms with E-state index in [0.29, 0.717) is 0 Å². The van der Waals surface area contributed by atoms with Gasteiger partial charge < -0.3 is 4.42 Å². The molecule has 0 saturated carbocycles. The van der Waals surface area contributed by atoms with Crippen LogP contribution in [-0.4, -0.2) is 9.97 Å². The molecule has 3 heteroatoms. The minimum absolute atomic E-state index is 0.727. The van der Waals surface area contributed by atoms with E-state index >= 15 is 0 Å².